The molecule has 1 atom stereocenters. The maximum atomic E-state index is 12.6. The molecule has 2 heterocycles. The van der Waals surface area contributed by atoms with Crippen LogP contribution in [0.4, 0.5) is 0 Å². The molecule has 22 heavy (non-hydrogen) atoms. The summed E-state index contributed by atoms with van der Waals surface area (Å²) in [6.07, 6.45) is 6.22. The predicted molar refractivity (Wildman–Crippen MR) is 91.0 cm³/mol. The third kappa shape index (κ3) is 3.35. The van der Waals surface area contributed by atoms with Crippen LogP contribution in [0.15, 0.2) is 36.5 Å². The van der Waals surface area contributed by atoms with E-state index in [1.54, 1.807) is 6.20 Å². The van der Waals surface area contributed by atoms with Gasteiger partial charge in [-0.1, -0.05) is 12.1 Å². The highest BCUT2D eigenvalue weighted by molar-refractivity contribution is 7.98. The maximum absolute atomic E-state index is 12.6. The van der Waals surface area contributed by atoms with Crippen LogP contribution in [0.5, 0.6) is 0 Å². The maximum Gasteiger partial charge on any atom is 0.253 e. The van der Waals surface area contributed by atoms with E-state index < -0.39 is 0 Å². The quantitative estimate of drug-likeness (QED) is 0.942. The van der Waals surface area contributed by atoms with Crippen LogP contribution in [0, 0.1) is 5.92 Å². The van der Waals surface area contributed by atoms with E-state index in [0.717, 1.165) is 42.1 Å². The van der Waals surface area contributed by atoms with Gasteiger partial charge in [0.25, 0.3) is 5.91 Å². The number of nitrogens with one attached hydrogen (secondary N) is 1. The minimum Gasteiger partial charge on any atom is -0.338 e. The summed E-state index contributed by atoms with van der Waals surface area (Å²) in [6, 6.07) is 9.70. The molecule has 0 radical (unpaired) electrons. The molecule has 1 aromatic carbocycles. The molecule has 1 N–H and O–H groups in total. The Morgan fingerprint density at radius 1 is 1.36 bits per heavy atom. The molecule has 1 fully saturated rings. The molecule has 1 saturated heterocycles. The van der Waals surface area contributed by atoms with Crippen molar-refractivity contribution in [3.05, 3.63) is 42.1 Å². The first kappa shape index (κ1) is 15.2. The van der Waals surface area contributed by atoms with Gasteiger partial charge in [-0.25, -0.2) is 0 Å². The van der Waals surface area contributed by atoms with Crippen LogP contribution in [0.3, 0.4) is 0 Å². The van der Waals surface area contributed by atoms with Crippen molar-refractivity contribution in [2.45, 2.75) is 12.8 Å². The van der Waals surface area contributed by atoms with Gasteiger partial charge in [-0.15, -0.1) is 0 Å². The molecule has 0 spiro atoms. The molecule has 1 unspecified atom stereocenters. The van der Waals surface area contributed by atoms with Crippen molar-refractivity contribution < 1.29 is 4.79 Å². The van der Waals surface area contributed by atoms with E-state index in [4.69, 9.17) is 0 Å². The zero-order chi connectivity index (χ0) is 15.4. The Morgan fingerprint density at radius 3 is 2.86 bits per heavy atom. The van der Waals surface area contributed by atoms with Gasteiger partial charge in [0.05, 0.1) is 5.69 Å². The summed E-state index contributed by atoms with van der Waals surface area (Å²) in [4.78, 5) is 14.7. The van der Waals surface area contributed by atoms with E-state index in [2.05, 4.69) is 16.5 Å². The van der Waals surface area contributed by atoms with Crippen molar-refractivity contribution in [1.82, 2.24) is 15.1 Å². The number of H-pyrrole nitrogens is 1. The average molecular weight is 315 g/mol. The summed E-state index contributed by atoms with van der Waals surface area (Å²) in [6.45, 7) is 1.77. The van der Waals surface area contributed by atoms with Gasteiger partial charge in [-0.05, 0) is 54.5 Å². The van der Waals surface area contributed by atoms with Crippen molar-refractivity contribution in [2.24, 2.45) is 5.92 Å². The summed E-state index contributed by atoms with van der Waals surface area (Å²) in [5, 5.41) is 6.89. The first-order valence-corrected chi connectivity index (χ1v) is 9.05. The Morgan fingerprint density at radius 2 is 2.18 bits per heavy atom. The number of thioether (sulfide) groups is 1. The number of aromatic nitrogens is 2. The molecule has 0 bridgehead atoms. The van der Waals surface area contributed by atoms with Crippen LogP contribution in [0.2, 0.25) is 0 Å². The van der Waals surface area contributed by atoms with Gasteiger partial charge in [-0.2, -0.15) is 16.9 Å². The fraction of sp³-hybridized carbons (Fsp3) is 0.412. The van der Waals surface area contributed by atoms with Crippen molar-refractivity contribution >= 4 is 17.7 Å². The highest BCUT2D eigenvalue weighted by Gasteiger charge is 2.24. The van der Waals surface area contributed by atoms with E-state index in [-0.39, 0.29) is 5.91 Å². The summed E-state index contributed by atoms with van der Waals surface area (Å²) in [5.41, 5.74) is 2.79. The molecule has 5 heteroatoms. The molecule has 2 aromatic rings. The standard InChI is InChI=1S/C17H21N3OS/c1-22-12-13-3-2-10-20(11-13)17(21)15-6-4-14(5-7-15)16-8-9-18-19-16/h4-9,13H,2-3,10-12H2,1H3,(H,18,19). The monoisotopic (exact) mass is 315 g/mol. The number of hydrogen-bond donors (Lipinski definition) is 1. The van der Waals surface area contributed by atoms with Gasteiger partial charge in [0.15, 0.2) is 0 Å². The third-order valence-corrected chi connectivity index (χ3v) is 4.96. The van der Waals surface area contributed by atoms with Crippen LogP contribution in [0.1, 0.15) is 23.2 Å². The lowest BCUT2D eigenvalue weighted by Crippen LogP contribution is -2.40. The number of benzene rings is 1. The molecule has 1 aliphatic rings. The molecule has 1 amide bonds. The second kappa shape index (κ2) is 7.01. The summed E-state index contributed by atoms with van der Waals surface area (Å²) >= 11 is 1.87. The van der Waals surface area contributed by atoms with E-state index in [9.17, 15) is 4.79 Å². The molecular weight excluding hydrogens is 294 g/mol. The Balaban J connectivity index is 1.69. The lowest BCUT2D eigenvalue weighted by Gasteiger charge is -2.32. The zero-order valence-corrected chi connectivity index (χ0v) is 13.6. The van der Waals surface area contributed by atoms with Crippen LogP contribution in [-0.4, -0.2) is 46.1 Å². The number of amides is 1. The summed E-state index contributed by atoms with van der Waals surface area (Å²) < 4.78 is 0. The Kier molecular flexibility index (Phi) is 4.83. The molecule has 0 aliphatic carbocycles. The molecule has 116 valence electrons. The van der Waals surface area contributed by atoms with Crippen LogP contribution in [-0.2, 0) is 0 Å². The van der Waals surface area contributed by atoms with Crippen LogP contribution in [0.25, 0.3) is 11.3 Å². The number of carbonyl (C=O) groups excluding carboxylic acids is 1. The highest BCUT2D eigenvalue weighted by atomic mass is 32.2. The second-order valence-corrected chi connectivity index (χ2v) is 6.67. The van der Waals surface area contributed by atoms with Crippen molar-refractivity contribution in [2.75, 3.05) is 25.1 Å². The number of likely N-dealkylation sites (tertiary alicyclic amines) is 1. The van der Waals surface area contributed by atoms with E-state index >= 15 is 0 Å². The summed E-state index contributed by atoms with van der Waals surface area (Å²) in [7, 11) is 0. The fourth-order valence-electron chi connectivity index (χ4n) is 3.01. The predicted octanol–water partition coefficient (Wildman–Crippen LogP) is 3.29. The van der Waals surface area contributed by atoms with Crippen LogP contribution >= 0.6 is 11.8 Å². The van der Waals surface area contributed by atoms with Gasteiger partial charge in [0.1, 0.15) is 0 Å². The highest BCUT2D eigenvalue weighted by Crippen LogP contribution is 2.22. The first-order chi connectivity index (χ1) is 10.8. The van der Waals surface area contributed by atoms with E-state index in [1.807, 2.05) is 47.0 Å². The number of nitrogens with zero attached hydrogens (tertiary/aromatic N) is 2. The average Bonchev–Trinajstić information content (AvgIpc) is 3.09. The van der Waals surface area contributed by atoms with Gasteiger partial charge in [0, 0.05) is 24.8 Å². The number of piperidine rings is 1. The normalized spacial score (nSPS) is 18.4. The molecule has 1 aliphatic heterocycles. The zero-order valence-electron chi connectivity index (χ0n) is 12.8. The Bertz CT molecular complexity index is 607. The van der Waals surface area contributed by atoms with Crippen molar-refractivity contribution in [1.29, 1.82) is 0 Å². The van der Waals surface area contributed by atoms with Gasteiger partial charge in [-0.3, -0.25) is 9.89 Å². The van der Waals surface area contributed by atoms with Gasteiger partial charge < -0.3 is 4.90 Å². The molecule has 3 rings (SSSR count). The molecular formula is C17H21N3OS. The number of carbonyl (C=O) groups is 1. The molecule has 0 saturated carbocycles. The number of aromatic amines is 1. The second-order valence-electron chi connectivity index (χ2n) is 5.76. The fourth-order valence-corrected chi connectivity index (χ4v) is 3.76. The van der Waals surface area contributed by atoms with Crippen molar-refractivity contribution in [3.63, 3.8) is 0 Å². The lowest BCUT2D eigenvalue weighted by atomic mass is 9.99. The minimum atomic E-state index is 0.155. The number of hydrogen-bond acceptors (Lipinski definition) is 3. The minimum absolute atomic E-state index is 0.155. The SMILES string of the molecule is CSCC1CCCN(C(=O)c2ccc(-c3ccn[nH]3)cc2)C1. The van der Waals surface area contributed by atoms with Crippen LogP contribution < -0.4 is 0 Å². The van der Waals surface area contributed by atoms with E-state index in [0.29, 0.717) is 5.92 Å². The van der Waals surface area contributed by atoms with Gasteiger partial charge in [0.2, 0.25) is 0 Å². The number of rotatable bonds is 4. The smallest absolute Gasteiger partial charge is 0.253 e. The van der Waals surface area contributed by atoms with E-state index in [1.165, 1.54) is 6.42 Å². The first-order valence-electron chi connectivity index (χ1n) is 7.66. The Hall–Kier alpha value is -1.75. The Labute approximate surface area is 135 Å². The largest absolute Gasteiger partial charge is 0.338 e. The lowest BCUT2D eigenvalue weighted by molar-refractivity contribution is 0.0685. The van der Waals surface area contributed by atoms with Gasteiger partial charge >= 0.3 is 0 Å². The van der Waals surface area contributed by atoms with Crippen molar-refractivity contribution in [3.8, 4) is 11.3 Å². The molecule has 1 aromatic heterocycles. The third-order valence-electron chi connectivity index (χ3n) is 4.15. The summed E-state index contributed by atoms with van der Waals surface area (Å²) in [5.74, 6) is 1.93. The topological polar surface area (TPSA) is 49.0 Å². The molecule has 4 nitrogen and oxygen atoms in total.